The van der Waals surface area contributed by atoms with Crippen LogP contribution in [0.3, 0.4) is 0 Å². The molecule has 1 amide bonds. The fourth-order valence-corrected chi connectivity index (χ4v) is 1.64. The second-order valence-corrected chi connectivity index (χ2v) is 3.85. The van der Waals surface area contributed by atoms with E-state index in [1.807, 2.05) is 5.43 Å². The van der Waals surface area contributed by atoms with E-state index in [2.05, 4.69) is 5.10 Å². The van der Waals surface area contributed by atoms with Gasteiger partial charge in [0, 0.05) is 5.56 Å². The standard InChI is InChI=1S/C11H8F4N2O2/c1-5-9(16-17-10(18)19-5)6-2-3-8(12)7(4-6)11(13,14)15/h2-5H,1H3,(H,17,18). The summed E-state index contributed by atoms with van der Waals surface area (Å²) in [5, 5.41) is 3.62. The number of ether oxygens (including phenoxy) is 1. The number of amides is 1. The number of nitrogens with zero attached hydrogens (tertiary/aromatic N) is 1. The van der Waals surface area contributed by atoms with Crippen molar-refractivity contribution in [2.45, 2.75) is 19.2 Å². The zero-order valence-corrected chi connectivity index (χ0v) is 9.58. The fourth-order valence-electron chi connectivity index (χ4n) is 1.64. The van der Waals surface area contributed by atoms with Gasteiger partial charge in [0.1, 0.15) is 17.6 Å². The molecule has 1 aromatic carbocycles. The highest BCUT2D eigenvalue weighted by Gasteiger charge is 2.35. The van der Waals surface area contributed by atoms with Gasteiger partial charge in [0.15, 0.2) is 0 Å². The molecule has 0 fully saturated rings. The van der Waals surface area contributed by atoms with Crippen molar-refractivity contribution < 1.29 is 27.1 Å². The van der Waals surface area contributed by atoms with Gasteiger partial charge in [0.05, 0.1) is 5.56 Å². The van der Waals surface area contributed by atoms with Crippen LogP contribution in [0.1, 0.15) is 18.1 Å². The summed E-state index contributed by atoms with van der Waals surface area (Å²) in [6, 6.07) is 2.47. The van der Waals surface area contributed by atoms with E-state index in [1.54, 1.807) is 0 Å². The Bertz CT molecular complexity index is 554. The van der Waals surface area contributed by atoms with Crippen LogP contribution in [0.15, 0.2) is 23.3 Å². The van der Waals surface area contributed by atoms with Crippen LogP contribution in [0, 0.1) is 5.82 Å². The van der Waals surface area contributed by atoms with Crippen molar-refractivity contribution in [3.8, 4) is 0 Å². The van der Waals surface area contributed by atoms with Crippen molar-refractivity contribution in [3.63, 3.8) is 0 Å². The van der Waals surface area contributed by atoms with E-state index < -0.39 is 29.8 Å². The summed E-state index contributed by atoms with van der Waals surface area (Å²) in [5.74, 6) is -1.37. The highest BCUT2D eigenvalue weighted by molar-refractivity contribution is 6.05. The summed E-state index contributed by atoms with van der Waals surface area (Å²) in [5.41, 5.74) is 0.711. The molecular formula is C11H8F4N2O2. The van der Waals surface area contributed by atoms with Crippen LogP contribution >= 0.6 is 0 Å². The van der Waals surface area contributed by atoms with Crippen LogP contribution in [0.4, 0.5) is 22.4 Å². The third-order valence-electron chi connectivity index (χ3n) is 2.50. The summed E-state index contributed by atoms with van der Waals surface area (Å²) in [6.45, 7) is 1.45. The summed E-state index contributed by atoms with van der Waals surface area (Å²) in [7, 11) is 0. The van der Waals surface area contributed by atoms with E-state index in [-0.39, 0.29) is 11.3 Å². The fraction of sp³-hybridized carbons (Fsp3) is 0.273. The van der Waals surface area contributed by atoms with E-state index in [1.165, 1.54) is 6.92 Å². The normalized spacial score (nSPS) is 19.5. The first kappa shape index (κ1) is 13.3. The molecule has 0 spiro atoms. The number of hydrogen-bond donors (Lipinski definition) is 1. The van der Waals surface area contributed by atoms with Gasteiger partial charge in [-0.25, -0.2) is 14.6 Å². The van der Waals surface area contributed by atoms with E-state index in [0.717, 1.165) is 6.07 Å². The number of rotatable bonds is 1. The molecule has 1 aliphatic heterocycles. The Morgan fingerprint density at radius 3 is 2.63 bits per heavy atom. The van der Waals surface area contributed by atoms with Gasteiger partial charge in [-0.2, -0.15) is 18.3 Å². The van der Waals surface area contributed by atoms with Gasteiger partial charge in [-0.05, 0) is 19.1 Å². The van der Waals surface area contributed by atoms with E-state index in [9.17, 15) is 22.4 Å². The van der Waals surface area contributed by atoms with Crippen molar-refractivity contribution in [1.82, 2.24) is 5.43 Å². The van der Waals surface area contributed by atoms with Gasteiger partial charge in [-0.15, -0.1) is 0 Å². The number of hydrazone groups is 1. The predicted octanol–water partition coefficient (Wildman–Crippen LogP) is 2.68. The molecule has 0 aromatic heterocycles. The molecule has 4 nitrogen and oxygen atoms in total. The predicted molar refractivity (Wildman–Crippen MR) is 57.0 cm³/mol. The number of cyclic esters (lactones) is 1. The first-order valence-electron chi connectivity index (χ1n) is 5.20. The van der Waals surface area contributed by atoms with Crippen molar-refractivity contribution in [2.75, 3.05) is 0 Å². The highest BCUT2D eigenvalue weighted by Crippen LogP contribution is 2.32. The molecule has 1 N–H and O–H groups in total. The minimum Gasteiger partial charge on any atom is -0.439 e. The molecule has 19 heavy (non-hydrogen) atoms. The van der Waals surface area contributed by atoms with Crippen LogP contribution in [0.25, 0.3) is 0 Å². The third-order valence-corrected chi connectivity index (χ3v) is 2.50. The van der Waals surface area contributed by atoms with Crippen molar-refractivity contribution in [3.05, 3.63) is 35.1 Å². The number of halogens is 4. The second kappa shape index (κ2) is 4.52. The average molecular weight is 276 g/mol. The maximum atomic E-state index is 13.1. The summed E-state index contributed by atoms with van der Waals surface area (Å²) in [6.07, 6.45) is -6.42. The number of benzene rings is 1. The Hall–Kier alpha value is -2.12. The molecule has 0 saturated heterocycles. The smallest absolute Gasteiger partial charge is 0.428 e. The molecule has 0 aliphatic carbocycles. The Morgan fingerprint density at radius 1 is 1.37 bits per heavy atom. The molecule has 2 rings (SSSR count). The average Bonchev–Trinajstić information content (AvgIpc) is 2.29. The lowest BCUT2D eigenvalue weighted by atomic mass is 10.0. The molecule has 0 saturated carbocycles. The first-order valence-corrected chi connectivity index (χ1v) is 5.20. The molecule has 0 radical (unpaired) electrons. The summed E-state index contributed by atoms with van der Waals surface area (Å²) in [4.78, 5) is 10.9. The van der Waals surface area contributed by atoms with Crippen molar-refractivity contribution >= 4 is 11.8 Å². The van der Waals surface area contributed by atoms with Crippen LogP contribution in [-0.2, 0) is 10.9 Å². The number of carbonyl (C=O) groups is 1. The van der Waals surface area contributed by atoms with Gasteiger partial charge in [0.25, 0.3) is 0 Å². The van der Waals surface area contributed by atoms with Crippen LogP contribution in [0.5, 0.6) is 0 Å². The number of alkyl halides is 3. The molecule has 1 aliphatic rings. The Labute approximate surface area is 105 Å². The number of nitrogens with one attached hydrogen (secondary N) is 1. The highest BCUT2D eigenvalue weighted by atomic mass is 19.4. The van der Waals surface area contributed by atoms with Crippen LogP contribution in [0.2, 0.25) is 0 Å². The molecule has 102 valence electrons. The summed E-state index contributed by atoms with van der Waals surface area (Å²) < 4.78 is 55.6. The van der Waals surface area contributed by atoms with Gasteiger partial charge < -0.3 is 4.74 Å². The number of carbonyl (C=O) groups excluding carboxylic acids is 1. The lowest BCUT2D eigenvalue weighted by Crippen LogP contribution is -2.37. The van der Waals surface area contributed by atoms with Crippen molar-refractivity contribution in [1.29, 1.82) is 0 Å². The number of hydrogen-bond acceptors (Lipinski definition) is 3. The second-order valence-electron chi connectivity index (χ2n) is 3.85. The monoisotopic (exact) mass is 276 g/mol. The third kappa shape index (κ3) is 2.67. The Morgan fingerprint density at radius 2 is 2.05 bits per heavy atom. The maximum Gasteiger partial charge on any atom is 0.428 e. The minimum absolute atomic E-state index is 0.0289. The van der Waals surface area contributed by atoms with Crippen LogP contribution < -0.4 is 5.43 Å². The van der Waals surface area contributed by atoms with Gasteiger partial charge >= 0.3 is 12.3 Å². The van der Waals surface area contributed by atoms with E-state index in [4.69, 9.17) is 4.74 Å². The van der Waals surface area contributed by atoms with Crippen molar-refractivity contribution in [2.24, 2.45) is 5.10 Å². The van der Waals surface area contributed by atoms with E-state index in [0.29, 0.717) is 12.1 Å². The lowest BCUT2D eigenvalue weighted by Gasteiger charge is -2.20. The molecule has 1 atom stereocenters. The first-order chi connectivity index (χ1) is 8.79. The quantitative estimate of drug-likeness (QED) is 0.802. The SMILES string of the molecule is CC1OC(=O)NN=C1c1ccc(F)c(C(F)(F)F)c1. The molecule has 1 aromatic rings. The van der Waals surface area contributed by atoms with Gasteiger partial charge in [0.2, 0.25) is 0 Å². The largest absolute Gasteiger partial charge is 0.439 e. The zero-order valence-electron chi connectivity index (χ0n) is 9.58. The lowest BCUT2D eigenvalue weighted by molar-refractivity contribution is -0.140. The molecule has 1 unspecified atom stereocenters. The molecular weight excluding hydrogens is 268 g/mol. The van der Waals surface area contributed by atoms with Gasteiger partial charge in [-0.1, -0.05) is 6.07 Å². The molecule has 1 heterocycles. The molecule has 8 heteroatoms. The maximum absolute atomic E-state index is 13.1. The van der Waals surface area contributed by atoms with Gasteiger partial charge in [-0.3, -0.25) is 0 Å². The Balaban J connectivity index is 2.45. The summed E-state index contributed by atoms with van der Waals surface area (Å²) >= 11 is 0. The van der Waals surface area contributed by atoms with Crippen LogP contribution in [-0.4, -0.2) is 17.9 Å². The minimum atomic E-state index is -4.80. The topological polar surface area (TPSA) is 50.7 Å². The Kier molecular flexibility index (Phi) is 3.17. The zero-order chi connectivity index (χ0) is 14.2. The molecule has 0 bridgehead atoms. The van der Waals surface area contributed by atoms with E-state index >= 15 is 0 Å².